The molecule has 6 rings (SSSR count). The van der Waals surface area contributed by atoms with Crippen molar-refractivity contribution in [1.29, 1.82) is 0 Å². The van der Waals surface area contributed by atoms with E-state index < -0.39 is 41.7 Å². The summed E-state index contributed by atoms with van der Waals surface area (Å²) in [5, 5.41) is 12.2. The Morgan fingerprint density at radius 1 is 0.913 bits per heavy atom. The molecular weight excluding hydrogens is 586 g/mol. The summed E-state index contributed by atoms with van der Waals surface area (Å²) in [6.45, 7) is 1.12. The van der Waals surface area contributed by atoms with Crippen molar-refractivity contribution in [2.24, 2.45) is 11.8 Å². The topological polar surface area (TPSA) is 125 Å². The molecule has 2 saturated heterocycles. The number of amides is 3. The smallest absolute Gasteiger partial charge is 0.313 e. The third-order valence-electron chi connectivity index (χ3n) is 9.40. The maximum Gasteiger partial charge on any atom is 0.313 e. The number of hydrogen-bond donors (Lipinski definition) is 2. The molecule has 0 bridgehead atoms. The molecule has 2 N–H and O–H groups in total. The van der Waals surface area contributed by atoms with Crippen LogP contribution in [0.1, 0.15) is 49.3 Å². The maximum absolute atomic E-state index is 14.5. The number of ether oxygens (including phenoxy) is 2. The van der Waals surface area contributed by atoms with Crippen LogP contribution in [0.4, 0.5) is 0 Å². The molecule has 6 atom stereocenters. The van der Waals surface area contributed by atoms with Gasteiger partial charge in [-0.15, -0.1) is 0 Å². The number of unbranched alkanes of at least 4 members (excludes halogenated alkanes) is 2. The summed E-state index contributed by atoms with van der Waals surface area (Å²) < 4.78 is 12.9. The van der Waals surface area contributed by atoms with Crippen LogP contribution in [-0.4, -0.2) is 82.6 Å². The summed E-state index contributed by atoms with van der Waals surface area (Å²) in [6.07, 6.45) is 8.16. The predicted molar refractivity (Wildman–Crippen MR) is 169 cm³/mol. The van der Waals surface area contributed by atoms with Gasteiger partial charge in [0.15, 0.2) is 0 Å². The average molecular weight is 628 g/mol. The van der Waals surface area contributed by atoms with Gasteiger partial charge in [-0.25, -0.2) is 0 Å². The molecule has 10 heteroatoms. The quantitative estimate of drug-likeness (QED) is 0.262. The lowest BCUT2D eigenvalue weighted by molar-refractivity contribution is -0.160. The fraction of sp³-hybridized carbons (Fsp3) is 0.444. The summed E-state index contributed by atoms with van der Waals surface area (Å²) >= 11 is 0. The van der Waals surface area contributed by atoms with Crippen LogP contribution < -0.4 is 5.32 Å². The predicted octanol–water partition coefficient (Wildman–Crippen LogP) is 3.08. The fourth-order valence-electron chi connectivity index (χ4n) is 7.21. The molecule has 0 aliphatic carbocycles. The Morgan fingerprint density at radius 3 is 2.43 bits per heavy atom. The van der Waals surface area contributed by atoms with Crippen molar-refractivity contribution < 1.29 is 33.8 Å². The van der Waals surface area contributed by atoms with Gasteiger partial charge in [0.1, 0.15) is 23.7 Å². The van der Waals surface area contributed by atoms with Crippen LogP contribution in [0.3, 0.4) is 0 Å². The number of benzene rings is 2. The molecule has 1 spiro atoms. The number of nitrogens with zero attached hydrogens (tertiary/aromatic N) is 2. The molecular formula is C36H41N3O7. The zero-order chi connectivity index (χ0) is 32.1. The summed E-state index contributed by atoms with van der Waals surface area (Å²) in [7, 11) is 0. The zero-order valence-electron chi connectivity index (χ0n) is 25.8. The maximum atomic E-state index is 14.5. The minimum absolute atomic E-state index is 0.0462. The number of rotatable bonds is 8. The normalized spacial score (nSPS) is 30.3. The number of fused-ring (bicyclic) bond motifs is 2. The van der Waals surface area contributed by atoms with Crippen LogP contribution >= 0.6 is 0 Å². The van der Waals surface area contributed by atoms with Crippen LogP contribution in [0.2, 0.25) is 0 Å². The lowest BCUT2D eigenvalue weighted by atomic mass is 9.78. The minimum atomic E-state index is -1.38. The second-order valence-electron chi connectivity index (χ2n) is 12.4. The molecule has 46 heavy (non-hydrogen) atoms. The van der Waals surface area contributed by atoms with E-state index in [1.54, 1.807) is 22.0 Å². The third-order valence-corrected chi connectivity index (χ3v) is 9.40. The molecule has 10 nitrogen and oxygen atoms in total. The second-order valence-corrected chi connectivity index (χ2v) is 12.4. The highest BCUT2D eigenvalue weighted by molar-refractivity contribution is 5.99. The van der Waals surface area contributed by atoms with Crippen molar-refractivity contribution in [2.45, 2.75) is 62.5 Å². The van der Waals surface area contributed by atoms with Crippen molar-refractivity contribution in [3.05, 3.63) is 96.1 Å². The highest BCUT2D eigenvalue weighted by Gasteiger charge is 2.71. The number of hydrogen-bond acceptors (Lipinski definition) is 7. The van der Waals surface area contributed by atoms with E-state index in [2.05, 4.69) is 5.32 Å². The molecule has 2 aromatic carbocycles. The van der Waals surface area contributed by atoms with Crippen molar-refractivity contribution in [2.75, 3.05) is 26.2 Å². The van der Waals surface area contributed by atoms with Gasteiger partial charge in [0.05, 0.1) is 18.6 Å². The number of carbonyl (C=O) groups is 4. The molecule has 4 heterocycles. The summed E-state index contributed by atoms with van der Waals surface area (Å²) in [5.74, 6) is -3.32. The van der Waals surface area contributed by atoms with Gasteiger partial charge in [-0.3, -0.25) is 19.2 Å². The number of aliphatic hydroxyl groups is 1. The van der Waals surface area contributed by atoms with E-state index >= 15 is 0 Å². The Morgan fingerprint density at radius 2 is 1.67 bits per heavy atom. The SMILES string of the molecule is O=C1CC/C=C\[C@@H]2O[C@@]34C=CCN(Cc5ccccc5)C(=O)[C@@H]3N(CCCCCO)C(=O)[C@H]4[C@@H]2C(=O)O[C@@H](c2ccccc2)CN1. The van der Waals surface area contributed by atoms with Gasteiger partial charge in [-0.1, -0.05) is 85.0 Å². The number of nitrogens with one attached hydrogen (secondary N) is 1. The molecule has 2 aromatic rings. The van der Waals surface area contributed by atoms with Gasteiger partial charge >= 0.3 is 5.97 Å². The first kappa shape index (κ1) is 31.7. The number of carbonyl (C=O) groups excluding carboxylic acids is 4. The lowest BCUT2D eigenvalue weighted by Gasteiger charge is -2.35. The van der Waals surface area contributed by atoms with E-state index in [1.807, 2.05) is 72.8 Å². The summed E-state index contributed by atoms with van der Waals surface area (Å²) in [5.41, 5.74) is 0.299. The van der Waals surface area contributed by atoms with E-state index in [1.165, 1.54) is 0 Å². The van der Waals surface area contributed by atoms with Crippen LogP contribution in [0.5, 0.6) is 0 Å². The van der Waals surface area contributed by atoms with E-state index in [9.17, 15) is 24.3 Å². The Kier molecular flexibility index (Phi) is 9.65. The Hall–Kier alpha value is -4.28. The van der Waals surface area contributed by atoms with Crippen molar-refractivity contribution in [3.8, 4) is 0 Å². The molecule has 0 radical (unpaired) electrons. The summed E-state index contributed by atoms with van der Waals surface area (Å²) in [4.78, 5) is 59.1. The van der Waals surface area contributed by atoms with E-state index in [4.69, 9.17) is 9.47 Å². The summed E-state index contributed by atoms with van der Waals surface area (Å²) in [6, 6.07) is 17.9. The molecule has 4 aliphatic rings. The van der Waals surface area contributed by atoms with Gasteiger partial charge in [-0.2, -0.15) is 0 Å². The van der Waals surface area contributed by atoms with Gasteiger partial charge in [0, 0.05) is 32.7 Å². The molecule has 0 aromatic heterocycles. The standard InChI is InChI=1S/C36H41N3O7/c40-22-11-3-10-21-39-32-34(43)38(24-25-13-4-1-5-14-25)20-12-19-36(32)31(33(39)42)30-27(46-36)17-8-9-18-29(41)37-23-28(45-35(30)44)26-15-6-2-7-16-26/h1-2,4-8,12-17,19,27-28,30-32,40H,3,9-11,18,20-24H2,(H,37,41)/b17-8-/t27-,28+,30+,31+,32-,36+/m0/s1. The van der Waals surface area contributed by atoms with E-state index in [-0.39, 0.29) is 37.3 Å². The Labute approximate surface area is 269 Å². The van der Waals surface area contributed by atoms with Gasteiger partial charge in [0.25, 0.3) is 0 Å². The van der Waals surface area contributed by atoms with E-state index in [0.29, 0.717) is 45.3 Å². The molecule has 4 aliphatic heterocycles. The fourth-order valence-corrected chi connectivity index (χ4v) is 7.21. The van der Waals surface area contributed by atoms with Gasteiger partial charge < -0.3 is 29.7 Å². The highest BCUT2D eigenvalue weighted by atomic mass is 16.6. The van der Waals surface area contributed by atoms with Crippen LogP contribution in [-0.2, 0) is 35.2 Å². The highest BCUT2D eigenvalue weighted by Crippen LogP contribution is 2.53. The van der Waals surface area contributed by atoms with Crippen molar-refractivity contribution in [1.82, 2.24) is 15.1 Å². The lowest BCUT2D eigenvalue weighted by Crippen LogP contribution is -2.55. The number of cyclic esters (lactones) is 1. The first-order valence-electron chi connectivity index (χ1n) is 16.2. The third kappa shape index (κ3) is 6.24. The van der Waals surface area contributed by atoms with Gasteiger partial charge in [0.2, 0.25) is 17.7 Å². The zero-order valence-corrected chi connectivity index (χ0v) is 25.8. The Bertz CT molecular complexity index is 1480. The largest absolute Gasteiger partial charge is 0.455 e. The number of aliphatic hydroxyl groups excluding tert-OH is 1. The van der Waals surface area contributed by atoms with Crippen LogP contribution in [0.25, 0.3) is 0 Å². The first-order chi connectivity index (χ1) is 22.4. The molecule has 242 valence electrons. The van der Waals surface area contributed by atoms with Gasteiger partial charge in [-0.05, 0) is 36.8 Å². The van der Waals surface area contributed by atoms with Crippen LogP contribution in [0, 0.1) is 11.8 Å². The first-order valence-corrected chi connectivity index (χ1v) is 16.2. The molecule has 0 saturated carbocycles. The molecule has 3 amide bonds. The minimum Gasteiger partial charge on any atom is -0.455 e. The molecule has 0 unspecified atom stereocenters. The second kappa shape index (κ2) is 14.0. The number of allylic oxidation sites excluding steroid dienone is 1. The van der Waals surface area contributed by atoms with E-state index in [0.717, 1.165) is 11.1 Å². The van der Waals surface area contributed by atoms with Crippen molar-refractivity contribution in [3.63, 3.8) is 0 Å². The number of esters is 1. The Balaban J connectivity index is 1.38. The molecule has 2 fully saturated rings. The van der Waals surface area contributed by atoms with Crippen LogP contribution in [0.15, 0.2) is 85.0 Å². The number of likely N-dealkylation sites (tertiary alicyclic amines) is 1. The van der Waals surface area contributed by atoms with Crippen molar-refractivity contribution >= 4 is 23.7 Å². The monoisotopic (exact) mass is 627 g/mol. The average Bonchev–Trinajstić information content (AvgIpc) is 3.45.